The summed E-state index contributed by atoms with van der Waals surface area (Å²) in [6.07, 6.45) is 0.735. The van der Waals surface area contributed by atoms with Crippen molar-refractivity contribution in [2.24, 2.45) is 0 Å². The Balaban J connectivity index is 1.72. The Morgan fingerprint density at radius 1 is 1.32 bits per heavy atom. The molecule has 1 aromatic heterocycles. The number of benzene rings is 2. The van der Waals surface area contributed by atoms with Gasteiger partial charge in [0.15, 0.2) is 5.13 Å². The Bertz CT molecular complexity index is 1010. The van der Waals surface area contributed by atoms with Gasteiger partial charge in [0.05, 0.1) is 27.9 Å². The van der Waals surface area contributed by atoms with Gasteiger partial charge in [-0.15, -0.1) is 0 Å². The number of fused-ring (bicyclic) bond motifs is 2. The van der Waals surface area contributed by atoms with Gasteiger partial charge in [0, 0.05) is 18.1 Å². The molecule has 1 N–H and O–H groups in total. The molecule has 2 heterocycles. The lowest BCUT2D eigenvalue weighted by molar-refractivity contribution is 0.0759. The van der Waals surface area contributed by atoms with Crippen molar-refractivity contribution in [1.82, 2.24) is 4.98 Å². The highest BCUT2D eigenvalue weighted by molar-refractivity contribution is 7.22. The maximum absolute atomic E-state index is 13.4. The minimum absolute atomic E-state index is 0.0301. The molecule has 2 aromatic carbocycles. The van der Waals surface area contributed by atoms with Crippen LogP contribution in [0.15, 0.2) is 36.4 Å². The van der Waals surface area contributed by atoms with E-state index in [-0.39, 0.29) is 17.5 Å². The van der Waals surface area contributed by atoms with E-state index in [9.17, 15) is 9.65 Å². The van der Waals surface area contributed by atoms with Crippen LogP contribution in [0.1, 0.15) is 37.4 Å². The minimum Gasteiger partial charge on any atom is -0.487 e. The molecular weight excluding hydrogens is 337 g/mol. The van der Waals surface area contributed by atoms with Crippen molar-refractivity contribution in [2.75, 3.05) is 5.32 Å². The van der Waals surface area contributed by atoms with Crippen LogP contribution in [0, 0.1) is 17.1 Å². The van der Waals surface area contributed by atoms with Crippen molar-refractivity contribution < 1.29 is 9.13 Å². The molecule has 0 unspecified atom stereocenters. The van der Waals surface area contributed by atoms with E-state index in [2.05, 4.69) is 16.4 Å². The van der Waals surface area contributed by atoms with E-state index in [1.54, 1.807) is 12.1 Å². The molecule has 0 amide bonds. The van der Waals surface area contributed by atoms with Crippen LogP contribution in [0.3, 0.4) is 0 Å². The first-order valence-corrected chi connectivity index (χ1v) is 8.81. The number of halogens is 1. The average molecular weight is 353 g/mol. The topological polar surface area (TPSA) is 57.9 Å². The van der Waals surface area contributed by atoms with Gasteiger partial charge in [-0.2, -0.15) is 5.26 Å². The van der Waals surface area contributed by atoms with Crippen molar-refractivity contribution in [3.8, 4) is 11.8 Å². The van der Waals surface area contributed by atoms with Gasteiger partial charge in [0.25, 0.3) is 0 Å². The van der Waals surface area contributed by atoms with Crippen molar-refractivity contribution in [2.45, 2.75) is 31.9 Å². The molecule has 0 saturated heterocycles. The summed E-state index contributed by atoms with van der Waals surface area (Å²) in [5.41, 5.74) is 1.86. The number of aromatic nitrogens is 1. The fourth-order valence-electron chi connectivity index (χ4n) is 3.16. The summed E-state index contributed by atoms with van der Waals surface area (Å²) in [6.45, 7) is 4.08. The van der Waals surface area contributed by atoms with E-state index in [4.69, 9.17) is 4.74 Å². The largest absolute Gasteiger partial charge is 0.487 e. The smallest absolute Gasteiger partial charge is 0.184 e. The Hall–Kier alpha value is -2.65. The van der Waals surface area contributed by atoms with Crippen molar-refractivity contribution in [3.63, 3.8) is 0 Å². The first-order chi connectivity index (χ1) is 11.9. The summed E-state index contributed by atoms with van der Waals surface area (Å²) in [4.78, 5) is 4.49. The van der Waals surface area contributed by atoms with Gasteiger partial charge in [-0.05, 0) is 44.2 Å². The highest BCUT2D eigenvalue weighted by Gasteiger charge is 2.34. The summed E-state index contributed by atoms with van der Waals surface area (Å²) in [7, 11) is 0. The lowest BCUT2D eigenvalue weighted by Gasteiger charge is -2.38. The van der Waals surface area contributed by atoms with Crippen LogP contribution in [0.5, 0.6) is 5.75 Å². The monoisotopic (exact) mass is 353 g/mol. The fraction of sp³-hybridized carbons (Fsp3) is 0.263. The molecule has 0 fully saturated rings. The molecule has 0 spiro atoms. The SMILES string of the molecule is CC1(C)C[C@H](Nc2nc3cc(F)ccc3s2)c2cc(C#N)ccc2O1. The number of rotatable bonds is 2. The van der Waals surface area contributed by atoms with Gasteiger partial charge in [-0.1, -0.05) is 11.3 Å². The van der Waals surface area contributed by atoms with E-state index >= 15 is 0 Å². The highest BCUT2D eigenvalue weighted by Crippen LogP contribution is 2.42. The van der Waals surface area contributed by atoms with Crippen LogP contribution in [0.4, 0.5) is 9.52 Å². The number of hydrogen-bond donors (Lipinski definition) is 1. The van der Waals surface area contributed by atoms with E-state index < -0.39 is 0 Å². The quantitative estimate of drug-likeness (QED) is 0.703. The maximum Gasteiger partial charge on any atom is 0.184 e. The minimum atomic E-state index is -0.332. The number of nitrogens with one attached hydrogen (secondary N) is 1. The summed E-state index contributed by atoms with van der Waals surface area (Å²) in [5, 5.41) is 13.4. The summed E-state index contributed by atoms with van der Waals surface area (Å²) < 4.78 is 20.4. The van der Waals surface area contributed by atoms with Crippen LogP contribution >= 0.6 is 11.3 Å². The Morgan fingerprint density at radius 2 is 2.16 bits per heavy atom. The van der Waals surface area contributed by atoms with Crippen molar-refractivity contribution in [3.05, 3.63) is 53.3 Å². The van der Waals surface area contributed by atoms with Gasteiger partial charge < -0.3 is 10.1 Å². The molecule has 1 atom stereocenters. The lowest BCUT2D eigenvalue weighted by atomic mass is 9.89. The van der Waals surface area contributed by atoms with E-state index in [1.165, 1.54) is 23.5 Å². The van der Waals surface area contributed by atoms with Crippen molar-refractivity contribution in [1.29, 1.82) is 5.26 Å². The molecule has 25 heavy (non-hydrogen) atoms. The highest BCUT2D eigenvalue weighted by atomic mass is 32.1. The van der Waals surface area contributed by atoms with Crippen molar-refractivity contribution >= 4 is 26.7 Å². The zero-order valence-corrected chi connectivity index (χ0v) is 14.7. The number of hydrogen-bond acceptors (Lipinski definition) is 5. The second kappa shape index (κ2) is 5.71. The molecule has 4 nitrogen and oxygen atoms in total. The van der Waals surface area contributed by atoms with Crippen LogP contribution in [-0.2, 0) is 0 Å². The van der Waals surface area contributed by atoms with Crippen LogP contribution in [0.2, 0.25) is 0 Å². The molecule has 6 heteroatoms. The van der Waals surface area contributed by atoms with E-state index in [0.29, 0.717) is 11.1 Å². The molecule has 1 aliphatic rings. The molecule has 4 rings (SSSR count). The zero-order valence-electron chi connectivity index (χ0n) is 13.8. The lowest BCUT2D eigenvalue weighted by Crippen LogP contribution is -2.37. The number of ether oxygens (including phenoxy) is 1. The number of nitrogens with zero attached hydrogens (tertiary/aromatic N) is 2. The molecule has 0 bridgehead atoms. The average Bonchev–Trinajstić information content (AvgIpc) is 2.95. The second-order valence-corrected chi connectivity index (χ2v) is 7.79. The van der Waals surface area contributed by atoms with E-state index in [0.717, 1.165) is 27.6 Å². The molecule has 126 valence electrons. The first kappa shape index (κ1) is 15.9. The molecule has 0 aliphatic carbocycles. The molecule has 1 aliphatic heterocycles. The Morgan fingerprint density at radius 3 is 2.96 bits per heavy atom. The standard InChI is InChI=1S/C19H16FN3OS/c1-19(2)9-15(13-7-11(10-21)3-5-16(13)24-19)23-18-22-14-8-12(20)4-6-17(14)25-18/h3-8,15H,9H2,1-2H3,(H,22,23)/t15-/m0/s1. The third kappa shape index (κ3) is 3.03. The summed E-state index contributed by atoms with van der Waals surface area (Å²) in [6, 6.07) is 12.2. The summed E-state index contributed by atoms with van der Waals surface area (Å²) >= 11 is 1.49. The predicted molar refractivity (Wildman–Crippen MR) is 96.4 cm³/mol. The molecule has 0 radical (unpaired) electrons. The third-order valence-electron chi connectivity index (χ3n) is 4.24. The Labute approximate surface area is 148 Å². The van der Waals surface area contributed by atoms with Gasteiger partial charge in [-0.25, -0.2) is 9.37 Å². The predicted octanol–water partition coefficient (Wildman–Crippen LogP) is 5.02. The normalized spacial score (nSPS) is 18.2. The number of anilines is 1. The van der Waals surface area contributed by atoms with Gasteiger partial charge in [-0.3, -0.25) is 0 Å². The fourth-order valence-corrected chi connectivity index (χ4v) is 4.06. The second-order valence-electron chi connectivity index (χ2n) is 6.76. The van der Waals surface area contributed by atoms with Crippen LogP contribution < -0.4 is 10.1 Å². The first-order valence-electron chi connectivity index (χ1n) is 7.99. The molecule has 0 saturated carbocycles. The number of thiazole rings is 1. The maximum atomic E-state index is 13.4. The summed E-state index contributed by atoms with van der Waals surface area (Å²) in [5.74, 6) is 0.487. The third-order valence-corrected chi connectivity index (χ3v) is 5.21. The van der Waals surface area contributed by atoms with Gasteiger partial charge in [0.1, 0.15) is 17.2 Å². The zero-order chi connectivity index (χ0) is 17.6. The molecule has 3 aromatic rings. The van der Waals surface area contributed by atoms with Gasteiger partial charge >= 0.3 is 0 Å². The Kier molecular flexibility index (Phi) is 3.62. The molecular formula is C19H16FN3OS. The van der Waals surface area contributed by atoms with Crippen LogP contribution in [-0.4, -0.2) is 10.6 Å². The number of nitriles is 1. The van der Waals surface area contributed by atoms with Crippen LogP contribution in [0.25, 0.3) is 10.2 Å². The van der Waals surface area contributed by atoms with Gasteiger partial charge in [0.2, 0.25) is 0 Å². The van der Waals surface area contributed by atoms with E-state index in [1.807, 2.05) is 26.0 Å².